The molecule has 1 saturated heterocycles. The van der Waals surface area contributed by atoms with Gasteiger partial charge in [0.1, 0.15) is 0 Å². The van der Waals surface area contributed by atoms with Crippen LogP contribution in [0.3, 0.4) is 0 Å². The van der Waals surface area contributed by atoms with E-state index in [9.17, 15) is 30.0 Å². The Morgan fingerprint density at radius 2 is 1.76 bits per heavy atom. The Labute approximate surface area is 148 Å². The summed E-state index contributed by atoms with van der Waals surface area (Å²) in [5.74, 6) is -0.527. The first-order valence-electron chi connectivity index (χ1n) is 7.52. The molecule has 0 amide bonds. The number of rotatable bonds is 4. The SMILES string of the molecule is O=S1(=O)CCC(N(C2CC2)S(=O)(=O)c2ccc(Cl)cc2C(F)(F)F)C1. The van der Waals surface area contributed by atoms with Gasteiger partial charge in [-0.15, -0.1) is 0 Å². The molecule has 1 aliphatic heterocycles. The van der Waals surface area contributed by atoms with Gasteiger partial charge >= 0.3 is 6.18 Å². The van der Waals surface area contributed by atoms with Crippen LogP contribution in [0.25, 0.3) is 0 Å². The van der Waals surface area contributed by atoms with Gasteiger partial charge in [0.05, 0.1) is 22.0 Å². The number of nitrogens with zero attached hydrogens (tertiary/aromatic N) is 1. The molecular formula is C14H15ClF3NO4S2. The Morgan fingerprint density at radius 1 is 1.12 bits per heavy atom. The van der Waals surface area contributed by atoms with E-state index in [2.05, 4.69) is 0 Å². The summed E-state index contributed by atoms with van der Waals surface area (Å²) in [4.78, 5) is -0.888. The van der Waals surface area contributed by atoms with Gasteiger partial charge in [0.15, 0.2) is 9.84 Å². The van der Waals surface area contributed by atoms with Gasteiger partial charge in [0.25, 0.3) is 0 Å². The summed E-state index contributed by atoms with van der Waals surface area (Å²) in [6.07, 6.45) is -3.80. The summed E-state index contributed by atoms with van der Waals surface area (Å²) in [5.41, 5.74) is -1.34. The van der Waals surface area contributed by atoms with Crippen LogP contribution >= 0.6 is 11.6 Å². The zero-order chi connectivity index (χ0) is 18.6. The van der Waals surface area contributed by atoms with Crippen molar-refractivity contribution in [3.8, 4) is 0 Å². The minimum absolute atomic E-state index is 0.0903. The van der Waals surface area contributed by atoms with Crippen molar-refractivity contribution in [2.75, 3.05) is 11.5 Å². The number of sulfone groups is 1. The Bertz CT molecular complexity index is 895. The molecule has 2 fully saturated rings. The maximum absolute atomic E-state index is 13.3. The van der Waals surface area contributed by atoms with Crippen molar-refractivity contribution < 1.29 is 30.0 Å². The molecule has 1 aromatic rings. The molecule has 11 heteroatoms. The van der Waals surface area contributed by atoms with Crippen LogP contribution in [0.2, 0.25) is 5.02 Å². The van der Waals surface area contributed by atoms with Crippen LogP contribution < -0.4 is 0 Å². The van der Waals surface area contributed by atoms with Gasteiger partial charge in [-0.3, -0.25) is 0 Å². The van der Waals surface area contributed by atoms with Crippen LogP contribution in [0.5, 0.6) is 0 Å². The number of hydrogen-bond acceptors (Lipinski definition) is 4. The number of sulfonamides is 1. The van der Waals surface area contributed by atoms with Crippen molar-refractivity contribution in [2.24, 2.45) is 0 Å². The zero-order valence-electron chi connectivity index (χ0n) is 12.8. The molecule has 1 heterocycles. The summed E-state index contributed by atoms with van der Waals surface area (Å²) in [6.45, 7) is 0. The smallest absolute Gasteiger partial charge is 0.229 e. The first-order valence-corrected chi connectivity index (χ1v) is 11.2. The molecule has 25 heavy (non-hydrogen) atoms. The Kier molecular flexibility index (Phi) is 4.62. The number of hydrogen-bond donors (Lipinski definition) is 0. The molecule has 1 unspecified atom stereocenters. The highest BCUT2D eigenvalue weighted by molar-refractivity contribution is 7.92. The average molecular weight is 418 g/mol. The van der Waals surface area contributed by atoms with Gasteiger partial charge in [-0.05, 0) is 37.5 Å². The summed E-state index contributed by atoms with van der Waals surface area (Å²) in [6, 6.07) is 1.20. The molecule has 0 aromatic heterocycles. The second-order valence-corrected chi connectivity index (χ2v) is 10.7. The van der Waals surface area contributed by atoms with E-state index in [1.54, 1.807) is 0 Å². The van der Waals surface area contributed by atoms with Crippen molar-refractivity contribution in [1.29, 1.82) is 0 Å². The van der Waals surface area contributed by atoms with Gasteiger partial charge in [0, 0.05) is 17.1 Å². The third-order valence-electron chi connectivity index (χ3n) is 4.28. The number of benzene rings is 1. The molecule has 1 saturated carbocycles. The second-order valence-electron chi connectivity index (χ2n) is 6.26. The molecule has 1 aliphatic carbocycles. The Morgan fingerprint density at radius 3 is 2.24 bits per heavy atom. The molecule has 0 spiro atoms. The summed E-state index contributed by atoms with van der Waals surface area (Å²) in [5, 5.41) is -0.229. The predicted molar refractivity (Wildman–Crippen MR) is 85.6 cm³/mol. The first-order chi connectivity index (χ1) is 11.4. The third kappa shape index (κ3) is 3.81. The zero-order valence-corrected chi connectivity index (χ0v) is 15.2. The van der Waals surface area contributed by atoms with Gasteiger partial charge in [0.2, 0.25) is 10.0 Å². The van der Waals surface area contributed by atoms with E-state index >= 15 is 0 Å². The lowest BCUT2D eigenvalue weighted by atomic mass is 10.2. The van der Waals surface area contributed by atoms with Gasteiger partial charge in [-0.1, -0.05) is 11.6 Å². The topological polar surface area (TPSA) is 71.5 Å². The molecule has 0 N–H and O–H groups in total. The summed E-state index contributed by atoms with van der Waals surface area (Å²) in [7, 11) is -7.90. The highest BCUT2D eigenvalue weighted by Gasteiger charge is 2.48. The van der Waals surface area contributed by atoms with E-state index in [4.69, 9.17) is 11.6 Å². The maximum Gasteiger partial charge on any atom is 0.417 e. The highest BCUT2D eigenvalue weighted by atomic mass is 35.5. The quantitative estimate of drug-likeness (QED) is 0.755. The van der Waals surface area contributed by atoms with Crippen LogP contribution in [0.1, 0.15) is 24.8 Å². The molecule has 3 rings (SSSR count). The predicted octanol–water partition coefficient (Wildman–Crippen LogP) is 2.70. The van der Waals surface area contributed by atoms with Crippen molar-refractivity contribution in [3.05, 3.63) is 28.8 Å². The highest BCUT2D eigenvalue weighted by Crippen LogP contribution is 2.41. The number of alkyl halides is 3. The Balaban J connectivity index is 2.09. The average Bonchev–Trinajstić information content (AvgIpc) is 3.21. The molecule has 0 radical (unpaired) electrons. The van der Waals surface area contributed by atoms with Crippen LogP contribution in [0.4, 0.5) is 13.2 Å². The standard InChI is InChI=1S/C14H15ClF3NO4S2/c15-9-1-4-13(12(7-9)14(16,17)18)25(22,23)19(10-2-3-10)11-5-6-24(20,21)8-11/h1,4,7,10-11H,2-3,5-6,8H2. The second kappa shape index (κ2) is 6.11. The van der Waals surface area contributed by atoms with Crippen LogP contribution in [0, 0.1) is 0 Å². The largest absolute Gasteiger partial charge is 0.417 e. The van der Waals surface area contributed by atoms with E-state index < -0.39 is 48.6 Å². The van der Waals surface area contributed by atoms with E-state index in [-0.39, 0.29) is 22.9 Å². The van der Waals surface area contributed by atoms with E-state index in [0.717, 1.165) is 16.4 Å². The Hall–Kier alpha value is -0.840. The minimum Gasteiger partial charge on any atom is -0.229 e. The van der Waals surface area contributed by atoms with Crippen LogP contribution in [-0.4, -0.2) is 44.7 Å². The lowest BCUT2D eigenvalue weighted by Gasteiger charge is -2.28. The van der Waals surface area contributed by atoms with Crippen molar-refractivity contribution in [1.82, 2.24) is 4.31 Å². The first kappa shape index (κ1) is 18.9. The van der Waals surface area contributed by atoms with Gasteiger partial charge < -0.3 is 0 Å². The fourth-order valence-electron chi connectivity index (χ4n) is 3.06. The van der Waals surface area contributed by atoms with E-state index in [0.29, 0.717) is 18.9 Å². The number of halogens is 4. The monoisotopic (exact) mass is 417 g/mol. The molecule has 2 aliphatic rings. The fourth-order valence-corrected chi connectivity index (χ4v) is 7.13. The summed E-state index contributed by atoms with van der Waals surface area (Å²) < 4.78 is 90.2. The fraction of sp³-hybridized carbons (Fsp3) is 0.571. The summed E-state index contributed by atoms with van der Waals surface area (Å²) >= 11 is 5.60. The van der Waals surface area contributed by atoms with E-state index in [1.807, 2.05) is 0 Å². The third-order valence-corrected chi connectivity index (χ3v) is 8.33. The van der Waals surface area contributed by atoms with Crippen molar-refractivity contribution >= 4 is 31.5 Å². The molecule has 5 nitrogen and oxygen atoms in total. The van der Waals surface area contributed by atoms with Crippen molar-refractivity contribution in [2.45, 2.75) is 42.4 Å². The molecule has 1 aromatic carbocycles. The van der Waals surface area contributed by atoms with Crippen LogP contribution in [-0.2, 0) is 26.0 Å². The lowest BCUT2D eigenvalue weighted by Crippen LogP contribution is -2.43. The maximum atomic E-state index is 13.3. The molecule has 140 valence electrons. The lowest BCUT2D eigenvalue weighted by molar-refractivity contribution is -0.139. The van der Waals surface area contributed by atoms with Crippen LogP contribution in [0.15, 0.2) is 23.1 Å². The molecule has 0 bridgehead atoms. The van der Waals surface area contributed by atoms with E-state index in [1.165, 1.54) is 0 Å². The normalized spacial score (nSPS) is 24.0. The molecular weight excluding hydrogens is 403 g/mol. The van der Waals surface area contributed by atoms with Gasteiger partial charge in [-0.2, -0.15) is 17.5 Å². The minimum atomic E-state index is -4.90. The molecule has 1 atom stereocenters. The van der Waals surface area contributed by atoms with Gasteiger partial charge in [-0.25, -0.2) is 16.8 Å². The van der Waals surface area contributed by atoms with Crippen molar-refractivity contribution in [3.63, 3.8) is 0 Å².